The van der Waals surface area contributed by atoms with Crippen LogP contribution in [0.2, 0.25) is 0 Å². The number of amides is 1. The molecule has 0 aromatic carbocycles. The van der Waals surface area contributed by atoms with E-state index in [2.05, 4.69) is 5.16 Å². The number of carbonyl (C=O) groups is 2. The topological polar surface area (TPSA) is 83.6 Å². The molecule has 0 atom stereocenters. The van der Waals surface area contributed by atoms with Crippen molar-refractivity contribution in [3.05, 3.63) is 17.0 Å². The van der Waals surface area contributed by atoms with Gasteiger partial charge in [-0.1, -0.05) is 12.1 Å². The first-order valence-electron chi connectivity index (χ1n) is 6.52. The lowest BCUT2D eigenvalue weighted by molar-refractivity contribution is -0.137. The second-order valence-corrected chi connectivity index (χ2v) is 4.79. The maximum Gasteiger partial charge on any atom is 0.305 e. The van der Waals surface area contributed by atoms with Crippen LogP contribution >= 0.6 is 0 Å². The summed E-state index contributed by atoms with van der Waals surface area (Å²) in [6.45, 7) is 3.86. The molecule has 19 heavy (non-hydrogen) atoms. The summed E-state index contributed by atoms with van der Waals surface area (Å²) in [6, 6.07) is 0.172. The number of aryl methyl sites for hydroxylation is 2. The molecule has 1 aliphatic carbocycles. The molecule has 1 fully saturated rings. The fourth-order valence-electron chi connectivity index (χ4n) is 2.13. The molecule has 6 heteroatoms. The third-order valence-electron chi connectivity index (χ3n) is 3.30. The predicted molar refractivity (Wildman–Crippen MR) is 66.9 cm³/mol. The Morgan fingerprint density at radius 2 is 2.16 bits per heavy atom. The van der Waals surface area contributed by atoms with Crippen molar-refractivity contribution in [2.24, 2.45) is 0 Å². The van der Waals surface area contributed by atoms with Crippen LogP contribution in [0.3, 0.4) is 0 Å². The molecule has 0 aliphatic heterocycles. The van der Waals surface area contributed by atoms with E-state index in [1.54, 1.807) is 11.8 Å². The van der Waals surface area contributed by atoms with Gasteiger partial charge in [-0.05, 0) is 26.2 Å². The maximum atomic E-state index is 12.5. The average Bonchev–Trinajstić information content (AvgIpc) is 3.12. The molecular weight excluding hydrogens is 248 g/mol. The fraction of sp³-hybridized carbons (Fsp3) is 0.615. The minimum atomic E-state index is -0.892. The van der Waals surface area contributed by atoms with Gasteiger partial charge in [-0.3, -0.25) is 9.59 Å². The molecular formula is C13H18N2O4. The van der Waals surface area contributed by atoms with Gasteiger partial charge in [0, 0.05) is 12.6 Å². The molecule has 0 radical (unpaired) electrons. The van der Waals surface area contributed by atoms with Gasteiger partial charge in [-0.2, -0.15) is 0 Å². The smallest absolute Gasteiger partial charge is 0.305 e. The van der Waals surface area contributed by atoms with Gasteiger partial charge in [0.25, 0.3) is 5.91 Å². The van der Waals surface area contributed by atoms with Gasteiger partial charge in [0.15, 0.2) is 0 Å². The van der Waals surface area contributed by atoms with Crippen LogP contribution in [0, 0.1) is 6.92 Å². The molecule has 0 bridgehead atoms. The van der Waals surface area contributed by atoms with Crippen LogP contribution in [0.25, 0.3) is 0 Å². The lowest BCUT2D eigenvalue weighted by Crippen LogP contribution is -2.35. The zero-order valence-corrected chi connectivity index (χ0v) is 11.2. The van der Waals surface area contributed by atoms with Gasteiger partial charge in [-0.25, -0.2) is 0 Å². The molecule has 104 valence electrons. The van der Waals surface area contributed by atoms with Crippen LogP contribution in [0.1, 0.15) is 48.0 Å². The number of aromatic nitrogens is 1. The Bertz CT molecular complexity index is 491. The SMILES string of the molecule is CCc1noc(C)c1C(=O)N(CCC(=O)O)C1CC1. The minimum absolute atomic E-state index is 0.0337. The highest BCUT2D eigenvalue weighted by atomic mass is 16.5. The zero-order chi connectivity index (χ0) is 14.0. The molecule has 0 spiro atoms. The highest BCUT2D eigenvalue weighted by Gasteiger charge is 2.35. The van der Waals surface area contributed by atoms with Crippen LogP contribution in [0.15, 0.2) is 4.52 Å². The molecule has 1 saturated carbocycles. The first kappa shape index (κ1) is 13.6. The Morgan fingerprint density at radius 3 is 2.68 bits per heavy atom. The van der Waals surface area contributed by atoms with Crippen LogP contribution in [0.4, 0.5) is 0 Å². The number of aliphatic carboxylic acids is 1. The van der Waals surface area contributed by atoms with Crippen molar-refractivity contribution < 1.29 is 19.2 Å². The van der Waals surface area contributed by atoms with Gasteiger partial charge < -0.3 is 14.5 Å². The van der Waals surface area contributed by atoms with Crippen LogP contribution in [-0.2, 0) is 11.2 Å². The van der Waals surface area contributed by atoms with Crippen molar-refractivity contribution in [1.29, 1.82) is 0 Å². The van der Waals surface area contributed by atoms with E-state index < -0.39 is 5.97 Å². The van der Waals surface area contributed by atoms with Crippen molar-refractivity contribution in [2.75, 3.05) is 6.54 Å². The molecule has 1 N–H and O–H groups in total. The average molecular weight is 266 g/mol. The summed E-state index contributed by atoms with van der Waals surface area (Å²) in [5.41, 5.74) is 1.14. The molecule has 6 nitrogen and oxygen atoms in total. The zero-order valence-electron chi connectivity index (χ0n) is 11.2. The van der Waals surface area contributed by atoms with Gasteiger partial charge in [0.05, 0.1) is 12.1 Å². The van der Waals surface area contributed by atoms with E-state index in [-0.39, 0.29) is 24.9 Å². The number of rotatable bonds is 6. The third-order valence-corrected chi connectivity index (χ3v) is 3.30. The first-order chi connectivity index (χ1) is 9.04. The Balaban J connectivity index is 2.18. The van der Waals surface area contributed by atoms with Crippen LogP contribution in [0.5, 0.6) is 0 Å². The van der Waals surface area contributed by atoms with Crippen LogP contribution in [-0.4, -0.2) is 39.6 Å². The summed E-state index contributed by atoms with van der Waals surface area (Å²) in [5, 5.41) is 12.6. The monoisotopic (exact) mass is 266 g/mol. The first-order valence-corrected chi connectivity index (χ1v) is 6.52. The Kier molecular flexibility index (Phi) is 3.87. The predicted octanol–water partition coefficient (Wildman–Crippen LogP) is 1.62. The maximum absolute atomic E-state index is 12.5. The summed E-state index contributed by atoms with van der Waals surface area (Å²) in [7, 11) is 0. The highest BCUT2D eigenvalue weighted by molar-refractivity contribution is 5.96. The second kappa shape index (κ2) is 5.42. The van der Waals surface area contributed by atoms with Crippen molar-refractivity contribution in [3.63, 3.8) is 0 Å². The van der Waals surface area contributed by atoms with Gasteiger partial charge in [0.2, 0.25) is 0 Å². The van der Waals surface area contributed by atoms with E-state index in [4.69, 9.17) is 9.63 Å². The number of carbonyl (C=O) groups excluding carboxylic acids is 1. The standard InChI is InChI=1S/C13H18N2O4/c1-3-10-12(8(2)19-14-10)13(18)15(9-4-5-9)7-6-11(16)17/h9H,3-7H2,1-2H3,(H,16,17). The number of hydrogen-bond donors (Lipinski definition) is 1. The molecule has 0 saturated heterocycles. The second-order valence-electron chi connectivity index (χ2n) is 4.79. The molecule has 1 heterocycles. The van der Waals surface area contributed by atoms with E-state index in [9.17, 15) is 9.59 Å². The summed E-state index contributed by atoms with van der Waals surface area (Å²) < 4.78 is 5.07. The van der Waals surface area contributed by atoms with E-state index >= 15 is 0 Å². The Morgan fingerprint density at radius 1 is 1.47 bits per heavy atom. The number of hydrogen-bond acceptors (Lipinski definition) is 4. The van der Waals surface area contributed by atoms with Crippen LogP contribution < -0.4 is 0 Å². The molecule has 1 aromatic heterocycles. The summed E-state index contributed by atoms with van der Waals surface area (Å²) in [6.07, 6.45) is 2.47. The highest BCUT2D eigenvalue weighted by Crippen LogP contribution is 2.29. The van der Waals surface area contributed by atoms with Gasteiger partial charge in [0.1, 0.15) is 11.3 Å². The molecule has 0 unspecified atom stereocenters. The van der Waals surface area contributed by atoms with E-state index in [0.717, 1.165) is 12.8 Å². The Labute approximate surface area is 111 Å². The van der Waals surface area contributed by atoms with E-state index in [1.807, 2.05) is 6.92 Å². The summed E-state index contributed by atoms with van der Waals surface area (Å²) >= 11 is 0. The summed E-state index contributed by atoms with van der Waals surface area (Å²) in [5.74, 6) is -0.543. The quantitative estimate of drug-likeness (QED) is 0.846. The molecule has 1 amide bonds. The Hall–Kier alpha value is -1.85. The van der Waals surface area contributed by atoms with E-state index in [0.29, 0.717) is 23.4 Å². The van der Waals surface area contributed by atoms with E-state index in [1.165, 1.54) is 0 Å². The van der Waals surface area contributed by atoms with Crippen molar-refractivity contribution >= 4 is 11.9 Å². The molecule has 1 aromatic rings. The number of nitrogens with zero attached hydrogens (tertiary/aromatic N) is 2. The lowest BCUT2D eigenvalue weighted by Gasteiger charge is -2.21. The number of carboxylic acids is 1. The third kappa shape index (κ3) is 2.94. The normalized spacial score (nSPS) is 14.4. The largest absolute Gasteiger partial charge is 0.481 e. The van der Waals surface area contributed by atoms with Gasteiger partial charge in [-0.15, -0.1) is 0 Å². The lowest BCUT2D eigenvalue weighted by atomic mass is 10.1. The van der Waals surface area contributed by atoms with Crippen molar-refractivity contribution in [3.8, 4) is 0 Å². The van der Waals surface area contributed by atoms with Crippen molar-refractivity contribution in [2.45, 2.75) is 45.6 Å². The minimum Gasteiger partial charge on any atom is -0.481 e. The fourth-order valence-corrected chi connectivity index (χ4v) is 2.13. The van der Waals surface area contributed by atoms with Crippen molar-refractivity contribution in [1.82, 2.24) is 10.1 Å². The van der Waals surface area contributed by atoms with Gasteiger partial charge >= 0.3 is 5.97 Å². The molecule has 2 rings (SSSR count). The molecule has 1 aliphatic rings. The summed E-state index contributed by atoms with van der Waals surface area (Å²) in [4.78, 5) is 24.9. The number of carboxylic acid groups (broad SMARTS) is 1.